The fourth-order valence-corrected chi connectivity index (χ4v) is 1.67. The van der Waals surface area contributed by atoms with E-state index in [0.717, 1.165) is 38.8 Å². The predicted molar refractivity (Wildman–Crippen MR) is 62.8 cm³/mol. The Morgan fingerprint density at radius 3 is 2.33 bits per heavy atom. The van der Waals surface area contributed by atoms with E-state index >= 15 is 0 Å². The van der Waals surface area contributed by atoms with E-state index in [1.807, 2.05) is 0 Å². The summed E-state index contributed by atoms with van der Waals surface area (Å²) in [5.74, 6) is 0. The molecule has 2 atom stereocenters. The highest BCUT2D eigenvalue weighted by molar-refractivity contribution is 4.63. The van der Waals surface area contributed by atoms with Gasteiger partial charge in [-0.3, -0.25) is 0 Å². The van der Waals surface area contributed by atoms with Crippen LogP contribution in [0, 0.1) is 0 Å². The van der Waals surface area contributed by atoms with E-state index in [1.54, 1.807) is 0 Å². The highest BCUT2D eigenvalue weighted by Crippen LogP contribution is 2.01. The molecule has 2 unspecified atom stereocenters. The van der Waals surface area contributed by atoms with Crippen molar-refractivity contribution in [2.75, 3.05) is 13.1 Å². The quantitative estimate of drug-likeness (QED) is 0.345. The summed E-state index contributed by atoms with van der Waals surface area (Å²) in [5.41, 5.74) is 14.0. The van der Waals surface area contributed by atoms with Crippen LogP contribution in [0.15, 0.2) is 0 Å². The molecule has 0 aliphatic rings. The van der Waals surface area contributed by atoms with Gasteiger partial charge in [0.15, 0.2) is 0 Å². The molecule has 4 heteroatoms. The molecule has 0 radical (unpaired) electrons. The molecule has 0 aromatic rings. The molecule has 0 saturated heterocycles. The minimum Gasteiger partial charge on any atom is -0.357 e. The number of hydrogen-bond acceptors (Lipinski definition) is 1. The molecular formula is C11H31N4+3. The second kappa shape index (κ2) is 9.09. The van der Waals surface area contributed by atoms with Gasteiger partial charge < -0.3 is 22.5 Å². The first kappa shape index (κ1) is 14.8. The van der Waals surface area contributed by atoms with Crippen molar-refractivity contribution in [3.05, 3.63) is 0 Å². The van der Waals surface area contributed by atoms with E-state index in [2.05, 4.69) is 30.6 Å². The molecule has 0 aromatic carbocycles. The second-order valence-electron chi connectivity index (χ2n) is 4.90. The fourth-order valence-electron chi connectivity index (χ4n) is 1.67. The minimum atomic E-state index is 0.356. The van der Waals surface area contributed by atoms with Crippen molar-refractivity contribution < 1.29 is 16.8 Å². The maximum atomic E-state index is 6.04. The number of nitrogens with two attached hydrogens (primary N) is 2. The van der Waals surface area contributed by atoms with Crippen molar-refractivity contribution in [2.24, 2.45) is 5.73 Å². The molecule has 15 heavy (non-hydrogen) atoms. The van der Waals surface area contributed by atoms with Crippen LogP contribution in [-0.4, -0.2) is 31.2 Å². The zero-order chi connectivity index (χ0) is 11.7. The minimum absolute atomic E-state index is 0.356. The van der Waals surface area contributed by atoms with Gasteiger partial charge in [0.05, 0.1) is 25.2 Å². The summed E-state index contributed by atoms with van der Waals surface area (Å²) in [5, 5.41) is 2.34. The monoisotopic (exact) mass is 219 g/mol. The SMILES string of the molecule is CC(C)[NH2+]CCC(N)CCC([NH3+])CC[NH3+]. The van der Waals surface area contributed by atoms with Crippen LogP contribution >= 0.6 is 0 Å². The van der Waals surface area contributed by atoms with Gasteiger partial charge in [0.2, 0.25) is 0 Å². The molecule has 0 aliphatic carbocycles. The van der Waals surface area contributed by atoms with E-state index in [-0.39, 0.29) is 0 Å². The van der Waals surface area contributed by atoms with E-state index in [4.69, 9.17) is 5.73 Å². The zero-order valence-electron chi connectivity index (χ0n) is 10.5. The Labute approximate surface area is 94.0 Å². The zero-order valence-corrected chi connectivity index (χ0v) is 10.5. The van der Waals surface area contributed by atoms with Gasteiger partial charge in [0.1, 0.15) is 0 Å². The van der Waals surface area contributed by atoms with Gasteiger partial charge >= 0.3 is 0 Å². The normalized spacial score (nSPS) is 15.6. The van der Waals surface area contributed by atoms with E-state index in [0.29, 0.717) is 18.1 Å². The van der Waals surface area contributed by atoms with Gasteiger partial charge in [-0.15, -0.1) is 0 Å². The molecule has 0 fully saturated rings. The van der Waals surface area contributed by atoms with E-state index < -0.39 is 0 Å². The summed E-state index contributed by atoms with van der Waals surface area (Å²) in [6.45, 7) is 6.57. The molecule has 0 aromatic heterocycles. The third kappa shape index (κ3) is 10.1. The van der Waals surface area contributed by atoms with Gasteiger partial charge in [0.25, 0.3) is 0 Å². The van der Waals surface area contributed by atoms with Crippen LogP contribution in [0.5, 0.6) is 0 Å². The molecular weight excluding hydrogens is 188 g/mol. The first-order valence-electron chi connectivity index (χ1n) is 6.27. The van der Waals surface area contributed by atoms with Crippen LogP contribution in [0.3, 0.4) is 0 Å². The largest absolute Gasteiger partial charge is 0.357 e. The first-order valence-corrected chi connectivity index (χ1v) is 6.27. The smallest absolute Gasteiger partial charge is 0.0898 e. The van der Waals surface area contributed by atoms with Crippen molar-refractivity contribution in [3.63, 3.8) is 0 Å². The topological polar surface area (TPSA) is 97.9 Å². The van der Waals surface area contributed by atoms with Crippen LogP contribution in [-0.2, 0) is 0 Å². The van der Waals surface area contributed by atoms with Crippen molar-refractivity contribution in [1.29, 1.82) is 0 Å². The summed E-state index contributed by atoms with van der Waals surface area (Å²) in [6.07, 6.45) is 4.51. The third-order valence-electron chi connectivity index (χ3n) is 2.73. The van der Waals surface area contributed by atoms with Gasteiger partial charge in [-0.1, -0.05) is 0 Å². The van der Waals surface area contributed by atoms with E-state index in [1.165, 1.54) is 0 Å². The van der Waals surface area contributed by atoms with Crippen LogP contribution in [0.2, 0.25) is 0 Å². The molecule has 0 spiro atoms. The number of rotatable bonds is 9. The van der Waals surface area contributed by atoms with Gasteiger partial charge in [0, 0.05) is 25.3 Å². The lowest BCUT2D eigenvalue weighted by Gasteiger charge is -2.13. The van der Waals surface area contributed by atoms with Crippen molar-refractivity contribution >= 4 is 0 Å². The summed E-state index contributed by atoms with van der Waals surface area (Å²) >= 11 is 0. The van der Waals surface area contributed by atoms with Crippen LogP contribution in [0.1, 0.15) is 39.5 Å². The Morgan fingerprint density at radius 1 is 1.13 bits per heavy atom. The molecule has 0 saturated carbocycles. The summed E-state index contributed by atoms with van der Waals surface area (Å²) in [6, 6.07) is 1.58. The van der Waals surface area contributed by atoms with Crippen LogP contribution < -0.4 is 22.5 Å². The lowest BCUT2D eigenvalue weighted by molar-refractivity contribution is -0.683. The van der Waals surface area contributed by atoms with Gasteiger partial charge in [-0.25, -0.2) is 0 Å². The Hall–Kier alpha value is -0.160. The summed E-state index contributed by atoms with van der Waals surface area (Å²) in [7, 11) is 0. The van der Waals surface area contributed by atoms with Crippen molar-refractivity contribution in [1.82, 2.24) is 0 Å². The Kier molecular flexibility index (Phi) is 9.00. The first-order chi connectivity index (χ1) is 7.06. The number of quaternary nitrogens is 3. The summed E-state index contributed by atoms with van der Waals surface area (Å²) < 4.78 is 0. The highest BCUT2D eigenvalue weighted by atomic mass is 14.9. The molecule has 0 bridgehead atoms. The van der Waals surface area contributed by atoms with Gasteiger partial charge in [-0.05, 0) is 20.3 Å². The second-order valence-corrected chi connectivity index (χ2v) is 4.90. The fraction of sp³-hybridized carbons (Fsp3) is 1.00. The van der Waals surface area contributed by atoms with Crippen LogP contribution in [0.25, 0.3) is 0 Å². The highest BCUT2D eigenvalue weighted by Gasteiger charge is 2.10. The Balaban J connectivity index is 3.36. The van der Waals surface area contributed by atoms with E-state index in [9.17, 15) is 0 Å². The molecule has 0 amide bonds. The average Bonchev–Trinajstić information content (AvgIpc) is 2.14. The lowest BCUT2D eigenvalue weighted by atomic mass is 10.0. The van der Waals surface area contributed by atoms with Crippen LogP contribution in [0.4, 0.5) is 0 Å². The predicted octanol–water partition coefficient (Wildman–Crippen LogP) is -2.30. The van der Waals surface area contributed by atoms with Gasteiger partial charge in [-0.2, -0.15) is 0 Å². The molecule has 4 nitrogen and oxygen atoms in total. The molecule has 0 aliphatic heterocycles. The Morgan fingerprint density at radius 2 is 1.80 bits per heavy atom. The molecule has 92 valence electrons. The molecule has 0 heterocycles. The average molecular weight is 219 g/mol. The maximum Gasteiger partial charge on any atom is 0.0898 e. The van der Waals surface area contributed by atoms with Crippen molar-refractivity contribution in [2.45, 2.75) is 57.7 Å². The maximum absolute atomic E-state index is 6.04. The molecule has 10 N–H and O–H groups in total. The summed E-state index contributed by atoms with van der Waals surface area (Å²) in [4.78, 5) is 0. The van der Waals surface area contributed by atoms with Crippen molar-refractivity contribution in [3.8, 4) is 0 Å². The lowest BCUT2D eigenvalue weighted by Crippen LogP contribution is -2.88. The third-order valence-corrected chi connectivity index (χ3v) is 2.73. The molecule has 0 rings (SSSR count). The number of hydrogen-bond donors (Lipinski definition) is 4. The Bertz CT molecular complexity index is 139. The standard InChI is InChI=1S/C11H28N4/c1-9(2)15-8-6-11(14)4-3-10(13)5-7-12/h9-11,15H,3-8,12-14H2,1-2H3/p+3.